The summed E-state index contributed by atoms with van der Waals surface area (Å²) in [5, 5.41) is 4.02. The van der Waals surface area contributed by atoms with Crippen LogP contribution in [0.2, 0.25) is 0 Å². The summed E-state index contributed by atoms with van der Waals surface area (Å²) in [4.78, 5) is 16.3. The number of aromatic nitrogens is 1. The first kappa shape index (κ1) is 18.2. The maximum absolute atomic E-state index is 13.4. The highest BCUT2D eigenvalue weighted by molar-refractivity contribution is 7.19. The molecule has 7 heteroatoms. The van der Waals surface area contributed by atoms with Gasteiger partial charge in [-0.2, -0.15) is 13.2 Å². The number of carbonyl (C=O) groups is 1. The zero-order chi connectivity index (χ0) is 19.7. The van der Waals surface area contributed by atoms with Gasteiger partial charge >= 0.3 is 6.18 Å². The molecule has 3 nitrogen and oxygen atoms in total. The summed E-state index contributed by atoms with van der Waals surface area (Å²) >= 11 is 0.805. The van der Waals surface area contributed by atoms with Crippen LogP contribution in [0.25, 0.3) is 21.2 Å². The van der Waals surface area contributed by atoms with Gasteiger partial charge in [0.15, 0.2) is 10.8 Å². The first-order chi connectivity index (χ1) is 13.4. The minimum absolute atomic E-state index is 0.0266. The third-order valence-electron chi connectivity index (χ3n) is 4.19. The highest BCUT2D eigenvalue weighted by atomic mass is 32.1. The number of nitrogens with zero attached hydrogens (tertiary/aromatic N) is 1. The maximum atomic E-state index is 13.4. The van der Waals surface area contributed by atoms with Crippen LogP contribution >= 0.6 is 11.3 Å². The van der Waals surface area contributed by atoms with E-state index >= 15 is 0 Å². The number of carbonyl (C=O) groups excluding carboxylic acids is 1. The van der Waals surface area contributed by atoms with Crippen molar-refractivity contribution in [3.63, 3.8) is 0 Å². The van der Waals surface area contributed by atoms with E-state index in [0.29, 0.717) is 11.1 Å². The monoisotopic (exact) mass is 398 g/mol. The summed E-state index contributed by atoms with van der Waals surface area (Å²) in [6, 6.07) is 20.7. The van der Waals surface area contributed by atoms with E-state index in [0.717, 1.165) is 22.1 Å². The lowest BCUT2D eigenvalue weighted by molar-refractivity contribution is -0.140. The third-order valence-corrected chi connectivity index (χ3v) is 5.21. The zero-order valence-corrected chi connectivity index (χ0v) is 15.1. The Balaban J connectivity index is 1.72. The van der Waals surface area contributed by atoms with Gasteiger partial charge < -0.3 is 0 Å². The van der Waals surface area contributed by atoms with Gasteiger partial charge in [-0.05, 0) is 22.4 Å². The number of nitrogens with one attached hydrogen (secondary N) is 1. The van der Waals surface area contributed by atoms with Crippen LogP contribution in [-0.2, 0) is 6.18 Å². The SMILES string of the molecule is O=C(Nc1nc(C(F)(F)F)c(-c2ccccc2)s1)c1cccc2ccccc12. The van der Waals surface area contributed by atoms with Crippen molar-refractivity contribution < 1.29 is 18.0 Å². The lowest BCUT2D eigenvalue weighted by Crippen LogP contribution is -2.13. The summed E-state index contributed by atoms with van der Waals surface area (Å²) in [7, 11) is 0. The quantitative estimate of drug-likeness (QED) is 0.444. The lowest BCUT2D eigenvalue weighted by atomic mass is 10.0. The molecule has 3 aromatic carbocycles. The topological polar surface area (TPSA) is 42.0 Å². The van der Waals surface area contributed by atoms with Gasteiger partial charge in [0.05, 0.1) is 4.88 Å². The second-order valence-electron chi connectivity index (χ2n) is 6.04. The number of rotatable bonds is 3. The van der Waals surface area contributed by atoms with Crippen molar-refractivity contribution in [2.75, 3.05) is 5.32 Å². The molecule has 0 bridgehead atoms. The number of halogens is 3. The van der Waals surface area contributed by atoms with Crippen molar-refractivity contribution in [1.82, 2.24) is 4.98 Å². The van der Waals surface area contributed by atoms with Crippen molar-refractivity contribution in [3.05, 3.63) is 84.1 Å². The Morgan fingerprint density at radius 3 is 2.32 bits per heavy atom. The van der Waals surface area contributed by atoms with E-state index in [1.54, 1.807) is 54.6 Å². The van der Waals surface area contributed by atoms with Gasteiger partial charge in [0.25, 0.3) is 5.91 Å². The Hall–Kier alpha value is -3.19. The van der Waals surface area contributed by atoms with Crippen molar-refractivity contribution >= 4 is 33.1 Å². The van der Waals surface area contributed by atoms with E-state index < -0.39 is 17.8 Å². The molecular formula is C21H13F3N2OS. The van der Waals surface area contributed by atoms with Gasteiger partial charge in [0.2, 0.25) is 0 Å². The van der Waals surface area contributed by atoms with Gasteiger partial charge in [-0.1, -0.05) is 78.1 Å². The Morgan fingerprint density at radius 1 is 0.893 bits per heavy atom. The molecule has 0 aliphatic rings. The molecule has 0 saturated carbocycles. The Morgan fingerprint density at radius 2 is 1.57 bits per heavy atom. The third kappa shape index (κ3) is 3.48. The molecule has 4 aromatic rings. The smallest absolute Gasteiger partial charge is 0.298 e. The van der Waals surface area contributed by atoms with Crippen LogP contribution in [0.3, 0.4) is 0 Å². The van der Waals surface area contributed by atoms with Crippen LogP contribution in [0.4, 0.5) is 18.3 Å². The normalized spacial score (nSPS) is 11.5. The predicted molar refractivity (Wildman–Crippen MR) is 104 cm³/mol. The molecule has 0 aliphatic heterocycles. The molecule has 0 spiro atoms. The zero-order valence-electron chi connectivity index (χ0n) is 14.3. The van der Waals surface area contributed by atoms with Crippen molar-refractivity contribution in [3.8, 4) is 10.4 Å². The van der Waals surface area contributed by atoms with Crippen LogP contribution in [0, 0.1) is 0 Å². The molecule has 0 radical (unpaired) electrons. The van der Waals surface area contributed by atoms with Crippen molar-refractivity contribution in [2.24, 2.45) is 0 Å². The van der Waals surface area contributed by atoms with E-state index in [1.807, 2.05) is 18.2 Å². The average Bonchev–Trinajstić information content (AvgIpc) is 3.12. The molecule has 0 unspecified atom stereocenters. The lowest BCUT2D eigenvalue weighted by Gasteiger charge is -2.06. The van der Waals surface area contributed by atoms with Crippen LogP contribution < -0.4 is 5.32 Å². The number of thiazole rings is 1. The van der Waals surface area contributed by atoms with Gasteiger partial charge in [0.1, 0.15) is 0 Å². The van der Waals surface area contributed by atoms with Gasteiger partial charge in [-0.25, -0.2) is 4.98 Å². The Kier molecular flexibility index (Phi) is 4.60. The van der Waals surface area contributed by atoms with Crippen LogP contribution in [0.1, 0.15) is 16.1 Å². The molecular weight excluding hydrogens is 385 g/mol. The van der Waals surface area contributed by atoms with Gasteiger partial charge in [-0.15, -0.1) is 0 Å². The molecule has 28 heavy (non-hydrogen) atoms. The largest absolute Gasteiger partial charge is 0.434 e. The van der Waals surface area contributed by atoms with E-state index in [1.165, 1.54) is 0 Å². The second-order valence-corrected chi connectivity index (χ2v) is 7.04. The summed E-state index contributed by atoms with van der Waals surface area (Å²) in [5.41, 5.74) is -0.224. The van der Waals surface area contributed by atoms with E-state index in [9.17, 15) is 18.0 Å². The highest BCUT2D eigenvalue weighted by Crippen LogP contribution is 2.42. The fraction of sp³-hybridized carbons (Fsp3) is 0.0476. The molecule has 0 aliphatic carbocycles. The Labute approximate surface area is 162 Å². The number of anilines is 1. The van der Waals surface area contributed by atoms with Crippen molar-refractivity contribution in [2.45, 2.75) is 6.18 Å². The second kappa shape index (κ2) is 7.09. The minimum atomic E-state index is -4.62. The first-order valence-electron chi connectivity index (χ1n) is 8.36. The first-order valence-corrected chi connectivity index (χ1v) is 9.18. The number of benzene rings is 3. The Bertz CT molecular complexity index is 1150. The maximum Gasteiger partial charge on any atom is 0.434 e. The standard InChI is InChI=1S/C21H13F3N2OS/c22-21(23,24)18-17(14-8-2-1-3-9-14)28-20(25-18)26-19(27)16-12-6-10-13-7-4-5-11-15(13)16/h1-12H,(H,25,26,27). The molecule has 140 valence electrons. The predicted octanol–water partition coefficient (Wildman–Crippen LogP) is 6.23. The van der Waals surface area contributed by atoms with E-state index in [4.69, 9.17) is 0 Å². The number of amides is 1. The summed E-state index contributed by atoms with van der Waals surface area (Å²) in [6.07, 6.45) is -4.62. The molecule has 1 amide bonds. The molecule has 0 saturated heterocycles. The summed E-state index contributed by atoms with van der Waals surface area (Å²) < 4.78 is 40.3. The number of hydrogen-bond acceptors (Lipinski definition) is 3. The average molecular weight is 398 g/mol. The molecule has 0 atom stereocenters. The summed E-state index contributed by atoms with van der Waals surface area (Å²) in [6.45, 7) is 0. The number of hydrogen-bond donors (Lipinski definition) is 1. The fourth-order valence-corrected chi connectivity index (χ4v) is 3.92. The summed E-state index contributed by atoms with van der Waals surface area (Å²) in [5.74, 6) is -0.501. The fourth-order valence-electron chi connectivity index (χ4n) is 2.94. The van der Waals surface area contributed by atoms with Gasteiger partial charge in [-0.3, -0.25) is 10.1 Å². The van der Waals surface area contributed by atoms with Crippen LogP contribution in [-0.4, -0.2) is 10.9 Å². The molecule has 1 aromatic heterocycles. The number of alkyl halides is 3. The van der Waals surface area contributed by atoms with E-state index in [-0.39, 0.29) is 10.0 Å². The molecule has 1 N–H and O–H groups in total. The molecule has 1 heterocycles. The number of fused-ring (bicyclic) bond motifs is 1. The minimum Gasteiger partial charge on any atom is -0.298 e. The molecule has 0 fully saturated rings. The van der Waals surface area contributed by atoms with Crippen LogP contribution in [0.15, 0.2) is 72.8 Å². The van der Waals surface area contributed by atoms with Crippen LogP contribution in [0.5, 0.6) is 0 Å². The van der Waals surface area contributed by atoms with E-state index in [2.05, 4.69) is 10.3 Å². The van der Waals surface area contributed by atoms with Gasteiger partial charge in [0, 0.05) is 5.56 Å². The van der Waals surface area contributed by atoms with Crippen molar-refractivity contribution in [1.29, 1.82) is 0 Å². The molecule has 4 rings (SSSR count). The highest BCUT2D eigenvalue weighted by Gasteiger charge is 2.38.